The van der Waals surface area contributed by atoms with Crippen LogP contribution in [0.5, 0.6) is 11.5 Å². The van der Waals surface area contributed by atoms with Gasteiger partial charge in [0.1, 0.15) is 11.5 Å². The Morgan fingerprint density at radius 1 is 0.944 bits per heavy atom. The summed E-state index contributed by atoms with van der Waals surface area (Å²) in [5.74, 6) is 0.389. The molecule has 0 fully saturated rings. The Balaban J connectivity index is 0.000000184. The van der Waals surface area contributed by atoms with E-state index in [1.54, 1.807) is 30.3 Å². The lowest BCUT2D eigenvalue weighted by Crippen LogP contribution is -1.80. The van der Waals surface area contributed by atoms with Gasteiger partial charge in [0, 0.05) is 0 Å². The van der Waals surface area contributed by atoms with E-state index in [1.807, 2.05) is 26.0 Å². The third-order valence-corrected chi connectivity index (χ3v) is 2.31. The zero-order valence-corrected chi connectivity index (χ0v) is 10.4. The highest BCUT2D eigenvalue weighted by molar-refractivity contribution is 5.79. The summed E-state index contributed by atoms with van der Waals surface area (Å²) in [5.41, 5.74) is 2.37. The van der Waals surface area contributed by atoms with E-state index in [0.29, 0.717) is 17.6 Å². The zero-order valence-electron chi connectivity index (χ0n) is 10.4. The van der Waals surface area contributed by atoms with Crippen LogP contribution in [0.4, 0.5) is 0 Å². The van der Waals surface area contributed by atoms with Gasteiger partial charge in [0.2, 0.25) is 0 Å². The average molecular weight is 244 g/mol. The molecule has 0 aliphatic carbocycles. The summed E-state index contributed by atoms with van der Waals surface area (Å²) in [6.07, 6.45) is 0.634. The molecular weight excluding hydrogens is 228 g/mol. The van der Waals surface area contributed by atoms with Crippen molar-refractivity contribution in [3.8, 4) is 11.5 Å². The van der Waals surface area contributed by atoms with E-state index >= 15 is 0 Å². The number of aromatic hydroxyl groups is 2. The van der Waals surface area contributed by atoms with Crippen molar-refractivity contribution in [1.82, 2.24) is 0 Å². The lowest BCUT2D eigenvalue weighted by molar-refractivity contribution is 0.112. The molecule has 0 atom stereocenters. The van der Waals surface area contributed by atoms with Crippen LogP contribution in [0.25, 0.3) is 0 Å². The Morgan fingerprint density at radius 3 is 2.06 bits per heavy atom. The van der Waals surface area contributed by atoms with Crippen molar-refractivity contribution in [3.63, 3.8) is 0 Å². The molecule has 0 unspecified atom stereocenters. The van der Waals surface area contributed by atoms with Gasteiger partial charge in [-0.15, -0.1) is 0 Å². The Kier molecular flexibility index (Phi) is 4.93. The first-order valence-corrected chi connectivity index (χ1v) is 5.53. The van der Waals surface area contributed by atoms with Gasteiger partial charge in [-0.25, -0.2) is 0 Å². The van der Waals surface area contributed by atoms with Crippen LogP contribution in [-0.4, -0.2) is 16.5 Å². The second-order valence-electron chi connectivity index (χ2n) is 4.02. The minimum absolute atomic E-state index is 0.0509. The minimum atomic E-state index is 0.0509. The van der Waals surface area contributed by atoms with Gasteiger partial charge in [-0.1, -0.05) is 18.2 Å². The molecule has 0 radical (unpaired) electrons. The Hall–Kier alpha value is -2.29. The molecule has 0 aliphatic rings. The maximum absolute atomic E-state index is 10.2. The molecule has 0 amide bonds. The predicted octanol–water partition coefficient (Wildman–Crippen LogP) is 3.21. The molecule has 0 saturated carbocycles. The molecule has 2 N–H and O–H groups in total. The first kappa shape index (κ1) is 13.8. The maximum atomic E-state index is 10.2. The average Bonchev–Trinajstić information content (AvgIpc) is 2.29. The predicted molar refractivity (Wildman–Crippen MR) is 71.1 cm³/mol. The van der Waals surface area contributed by atoms with Gasteiger partial charge in [-0.2, -0.15) is 0 Å². The highest BCUT2D eigenvalue weighted by atomic mass is 16.3. The van der Waals surface area contributed by atoms with Crippen LogP contribution in [0.3, 0.4) is 0 Å². The third-order valence-electron chi connectivity index (χ3n) is 2.31. The molecule has 2 rings (SSSR count). The van der Waals surface area contributed by atoms with Crippen molar-refractivity contribution in [2.75, 3.05) is 0 Å². The summed E-state index contributed by atoms with van der Waals surface area (Å²) in [6.45, 7) is 3.80. The minimum Gasteiger partial charge on any atom is -0.508 e. The Labute approximate surface area is 106 Å². The van der Waals surface area contributed by atoms with E-state index < -0.39 is 0 Å². The number of hydrogen-bond acceptors (Lipinski definition) is 3. The van der Waals surface area contributed by atoms with E-state index in [1.165, 1.54) is 0 Å². The number of carbonyl (C=O) groups is 1. The summed E-state index contributed by atoms with van der Waals surface area (Å²) in [7, 11) is 0. The molecule has 3 nitrogen and oxygen atoms in total. The fraction of sp³-hybridized carbons (Fsp3) is 0.133. The van der Waals surface area contributed by atoms with Crippen LogP contribution in [-0.2, 0) is 0 Å². The SMILES string of the molecule is Cc1ccc(C=O)c(O)c1.Cc1cccc(O)c1. The van der Waals surface area contributed by atoms with Crippen molar-refractivity contribution in [1.29, 1.82) is 0 Å². The van der Waals surface area contributed by atoms with Crippen molar-refractivity contribution in [2.24, 2.45) is 0 Å². The van der Waals surface area contributed by atoms with Crippen LogP contribution in [0.1, 0.15) is 21.5 Å². The molecule has 0 saturated heterocycles. The van der Waals surface area contributed by atoms with Gasteiger partial charge in [0.25, 0.3) is 0 Å². The van der Waals surface area contributed by atoms with Crippen molar-refractivity contribution in [2.45, 2.75) is 13.8 Å². The normalized spacial score (nSPS) is 9.22. The van der Waals surface area contributed by atoms with E-state index in [9.17, 15) is 4.79 Å². The zero-order chi connectivity index (χ0) is 13.5. The summed E-state index contributed by atoms with van der Waals surface area (Å²) in [5, 5.41) is 17.9. The van der Waals surface area contributed by atoms with Crippen LogP contribution >= 0.6 is 0 Å². The number of carbonyl (C=O) groups excluding carboxylic acids is 1. The molecule has 94 valence electrons. The van der Waals surface area contributed by atoms with Gasteiger partial charge >= 0.3 is 0 Å². The van der Waals surface area contributed by atoms with Crippen LogP contribution in [0, 0.1) is 13.8 Å². The monoisotopic (exact) mass is 244 g/mol. The second-order valence-corrected chi connectivity index (χ2v) is 4.02. The summed E-state index contributed by atoms with van der Waals surface area (Å²) >= 11 is 0. The molecule has 2 aromatic carbocycles. The number of phenols is 2. The molecule has 0 aromatic heterocycles. The highest BCUT2D eigenvalue weighted by Crippen LogP contribution is 2.15. The number of benzene rings is 2. The van der Waals surface area contributed by atoms with Crippen LogP contribution < -0.4 is 0 Å². The van der Waals surface area contributed by atoms with Crippen LogP contribution in [0.2, 0.25) is 0 Å². The standard InChI is InChI=1S/C8H8O2.C7H8O/c1-6-2-3-7(5-9)8(10)4-6;1-6-3-2-4-7(8)5-6/h2-5,10H,1H3;2-5,8H,1H3. The summed E-state index contributed by atoms with van der Waals surface area (Å²) in [6, 6.07) is 12.1. The molecule has 0 aliphatic heterocycles. The van der Waals surface area contributed by atoms with Crippen molar-refractivity contribution < 1.29 is 15.0 Å². The molecule has 3 heteroatoms. The third kappa shape index (κ3) is 4.29. The van der Waals surface area contributed by atoms with Gasteiger partial charge in [0.15, 0.2) is 6.29 Å². The Bertz CT molecular complexity index is 516. The summed E-state index contributed by atoms with van der Waals surface area (Å²) in [4.78, 5) is 10.2. The number of aldehydes is 1. The summed E-state index contributed by atoms with van der Waals surface area (Å²) < 4.78 is 0. The lowest BCUT2D eigenvalue weighted by atomic mass is 10.1. The first-order chi connectivity index (χ1) is 8.52. The van der Waals surface area contributed by atoms with Gasteiger partial charge < -0.3 is 10.2 Å². The van der Waals surface area contributed by atoms with Gasteiger partial charge in [-0.05, 0) is 49.2 Å². The van der Waals surface area contributed by atoms with E-state index in [-0.39, 0.29) is 5.75 Å². The maximum Gasteiger partial charge on any atom is 0.153 e. The van der Waals surface area contributed by atoms with E-state index in [2.05, 4.69) is 0 Å². The Morgan fingerprint density at radius 2 is 1.61 bits per heavy atom. The molecular formula is C15H16O3. The molecule has 0 spiro atoms. The smallest absolute Gasteiger partial charge is 0.153 e. The largest absolute Gasteiger partial charge is 0.508 e. The molecule has 0 bridgehead atoms. The molecule has 0 heterocycles. The van der Waals surface area contributed by atoms with Crippen LogP contribution in [0.15, 0.2) is 42.5 Å². The lowest BCUT2D eigenvalue weighted by Gasteiger charge is -1.96. The number of aryl methyl sites for hydroxylation is 2. The van der Waals surface area contributed by atoms with E-state index in [0.717, 1.165) is 11.1 Å². The topological polar surface area (TPSA) is 57.5 Å². The molecule has 2 aromatic rings. The van der Waals surface area contributed by atoms with Crippen molar-refractivity contribution in [3.05, 3.63) is 59.2 Å². The fourth-order valence-electron chi connectivity index (χ4n) is 1.38. The number of phenolic OH excluding ortho intramolecular Hbond substituents is 2. The van der Waals surface area contributed by atoms with Gasteiger partial charge in [0.05, 0.1) is 5.56 Å². The first-order valence-electron chi connectivity index (χ1n) is 5.53. The quantitative estimate of drug-likeness (QED) is 0.757. The highest BCUT2D eigenvalue weighted by Gasteiger charge is 1.96. The second kappa shape index (κ2) is 6.45. The number of hydrogen-bond donors (Lipinski definition) is 2. The van der Waals surface area contributed by atoms with E-state index in [4.69, 9.17) is 10.2 Å². The fourth-order valence-corrected chi connectivity index (χ4v) is 1.38. The molecule has 18 heavy (non-hydrogen) atoms. The van der Waals surface area contributed by atoms with Gasteiger partial charge in [-0.3, -0.25) is 4.79 Å². The van der Waals surface area contributed by atoms with Crippen molar-refractivity contribution >= 4 is 6.29 Å². The number of rotatable bonds is 1.